The van der Waals surface area contributed by atoms with E-state index >= 15 is 0 Å². The Morgan fingerprint density at radius 1 is 1.47 bits per heavy atom. The lowest BCUT2D eigenvalue weighted by atomic mass is 10.4. The van der Waals surface area contributed by atoms with E-state index in [-0.39, 0.29) is 16.3 Å². The Bertz CT molecular complexity index is 490. The first-order valence-corrected chi connectivity index (χ1v) is 6.34. The van der Waals surface area contributed by atoms with E-state index in [1.807, 2.05) is 0 Å². The summed E-state index contributed by atoms with van der Waals surface area (Å²) in [6, 6.07) is 7.92. The molecular weight excluding hydrogens is 234 g/mol. The van der Waals surface area contributed by atoms with Crippen molar-refractivity contribution in [2.24, 2.45) is 0 Å². The van der Waals surface area contributed by atoms with E-state index in [2.05, 4.69) is 0 Å². The zero-order valence-corrected chi connectivity index (χ0v) is 9.72. The fraction of sp³-hybridized carbons (Fsp3) is 0.300. The average molecular weight is 244 g/mol. The molecule has 0 aromatic heterocycles. The fourth-order valence-electron chi connectivity index (χ4n) is 1.21. The molecule has 3 nitrogen and oxygen atoms in total. The van der Waals surface area contributed by atoms with Gasteiger partial charge in [0.1, 0.15) is 0 Å². The summed E-state index contributed by atoms with van der Waals surface area (Å²) in [6.45, 7) is 1.66. The van der Waals surface area contributed by atoms with E-state index in [4.69, 9.17) is 16.9 Å². The molecule has 0 spiro atoms. The quantitative estimate of drug-likeness (QED) is 0.819. The molecular formula is C10H10ClNO2S. The van der Waals surface area contributed by atoms with Crippen LogP contribution < -0.4 is 0 Å². The zero-order chi connectivity index (χ0) is 11.5. The predicted octanol–water partition coefficient (Wildman–Crippen LogP) is 2.42. The van der Waals surface area contributed by atoms with Crippen LogP contribution in [0.4, 0.5) is 0 Å². The van der Waals surface area contributed by atoms with Gasteiger partial charge in [-0.15, -0.1) is 0 Å². The van der Waals surface area contributed by atoms with E-state index in [1.54, 1.807) is 25.1 Å². The number of halogens is 1. The predicted molar refractivity (Wildman–Crippen MR) is 58.3 cm³/mol. The number of rotatable bonds is 3. The molecule has 1 unspecified atom stereocenters. The summed E-state index contributed by atoms with van der Waals surface area (Å²) in [6.07, 6.45) is 0.254. The molecule has 1 atom stereocenters. The number of nitriles is 1. The van der Waals surface area contributed by atoms with Gasteiger partial charge in [0, 0.05) is 0 Å². The van der Waals surface area contributed by atoms with Crippen LogP contribution in [0.3, 0.4) is 0 Å². The second kappa shape index (κ2) is 4.65. The third-order valence-electron chi connectivity index (χ3n) is 2.03. The molecule has 0 N–H and O–H groups in total. The number of hydrogen-bond donors (Lipinski definition) is 0. The van der Waals surface area contributed by atoms with Gasteiger partial charge in [0.15, 0.2) is 15.1 Å². The lowest BCUT2D eigenvalue weighted by molar-refractivity contribution is 0.587. The highest BCUT2D eigenvalue weighted by Gasteiger charge is 2.27. The molecule has 0 saturated heterocycles. The molecule has 5 heteroatoms. The van der Waals surface area contributed by atoms with Crippen molar-refractivity contribution in [3.63, 3.8) is 0 Å². The van der Waals surface area contributed by atoms with Crippen molar-refractivity contribution in [1.29, 1.82) is 5.26 Å². The molecule has 1 aromatic rings. The summed E-state index contributed by atoms with van der Waals surface area (Å²) in [5.41, 5.74) is 0. The maximum atomic E-state index is 11.9. The van der Waals surface area contributed by atoms with Crippen LogP contribution in [0.5, 0.6) is 0 Å². The second-order valence-corrected chi connectivity index (χ2v) is 5.51. The van der Waals surface area contributed by atoms with Gasteiger partial charge in [-0.1, -0.05) is 30.7 Å². The first-order valence-electron chi connectivity index (χ1n) is 4.42. The Morgan fingerprint density at radius 2 is 2.07 bits per heavy atom. The van der Waals surface area contributed by atoms with Gasteiger partial charge in [-0.25, -0.2) is 8.42 Å². The molecule has 80 valence electrons. The monoisotopic (exact) mass is 243 g/mol. The molecule has 0 amide bonds. The average Bonchev–Trinajstić information content (AvgIpc) is 2.19. The molecule has 0 bridgehead atoms. The molecule has 0 heterocycles. The largest absolute Gasteiger partial charge is 0.222 e. The van der Waals surface area contributed by atoms with Crippen molar-refractivity contribution in [2.45, 2.75) is 23.5 Å². The van der Waals surface area contributed by atoms with Gasteiger partial charge in [0.2, 0.25) is 0 Å². The lowest BCUT2D eigenvalue weighted by Gasteiger charge is -2.09. The summed E-state index contributed by atoms with van der Waals surface area (Å²) in [5, 5.41) is 7.87. The standard InChI is InChI=1S/C10H10ClNO2S/c1-2-8(7-12)15(13,14)10-6-4-3-5-9(10)11/h3-6,8H,2H2,1H3. The molecule has 15 heavy (non-hydrogen) atoms. The summed E-state index contributed by atoms with van der Waals surface area (Å²) < 4.78 is 23.8. The van der Waals surface area contributed by atoms with Crippen LogP contribution in [0, 0.1) is 11.3 Å². The minimum absolute atomic E-state index is 0.0278. The van der Waals surface area contributed by atoms with Gasteiger partial charge >= 0.3 is 0 Å². The first-order chi connectivity index (χ1) is 7.04. The number of benzene rings is 1. The summed E-state index contributed by atoms with van der Waals surface area (Å²) >= 11 is 5.78. The summed E-state index contributed by atoms with van der Waals surface area (Å²) in [4.78, 5) is 0.0278. The van der Waals surface area contributed by atoms with Gasteiger partial charge in [-0.05, 0) is 18.6 Å². The van der Waals surface area contributed by atoms with Gasteiger partial charge in [0.25, 0.3) is 0 Å². The molecule has 0 saturated carbocycles. The number of hydrogen-bond acceptors (Lipinski definition) is 3. The fourth-order valence-corrected chi connectivity index (χ4v) is 3.16. The van der Waals surface area contributed by atoms with Crippen LogP contribution in [-0.2, 0) is 9.84 Å². The van der Waals surface area contributed by atoms with Crippen LogP contribution in [0.15, 0.2) is 29.2 Å². The van der Waals surface area contributed by atoms with Crippen molar-refractivity contribution >= 4 is 21.4 Å². The number of sulfone groups is 1. The summed E-state index contributed by atoms with van der Waals surface area (Å²) in [5.74, 6) is 0. The minimum atomic E-state index is -3.62. The molecule has 1 aromatic carbocycles. The van der Waals surface area contributed by atoms with Crippen molar-refractivity contribution in [3.8, 4) is 6.07 Å². The van der Waals surface area contributed by atoms with E-state index < -0.39 is 15.1 Å². The first kappa shape index (κ1) is 12.0. The van der Waals surface area contributed by atoms with E-state index in [9.17, 15) is 8.42 Å². The third kappa shape index (κ3) is 2.31. The van der Waals surface area contributed by atoms with Crippen molar-refractivity contribution in [1.82, 2.24) is 0 Å². The van der Waals surface area contributed by atoms with Crippen LogP contribution in [-0.4, -0.2) is 13.7 Å². The molecule has 0 aliphatic heterocycles. The summed E-state index contributed by atoms with van der Waals surface area (Å²) in [7, 11) is -3.62. The molecule has 0 aliphatic carbocycles. The van der Waals surface area contributed by atoms with Crippen LogP contribution in [0.1, 0.15) is 13.3 Å². The highest BCUT2D eigenvalue weighted by Crippen LogP contribution is 2.25. The maximum Gasteiger partial charge on any atom is 0.196 e. The van der Waals surface area contributed by atoms with Crippen molar-refractivity contribution < 1.29 is 8.42 Å². The SMILES string of the molecule is CCC(C#N)S(=O)(=O)c1ccccc1Cl. The van der Waals surface area contributed by atoms with Crippen LogP contribution in [0.2, 0.25) is 5.02 Å². The highest BCUT2D eigenvalue weighted by molar-refractivity contribution is 7.92. The number of nitrogens with zero attached hydrogens (tertiary/aromatic N) is 1. The molecule has 0 radical (unpaired) electrons. The second-order valence-electron chi connectivity index (χ2n) is 3.00. The van der Waals surface area contributed by atoms with Crippen LogP contribution in [0.25, 0.3) is 0 Å². The van der Waals surface area contributed by atoms with Gasteiger partial charge in [-0.3, -0.25) is 0 Å². The highest BCUT2D eigenvalue weighted by atomic mass is 35.5. The van der Waals surface area contributed by atoms with Gasteiger partial charge < -0.3 is 0 Å². The van der Waals surface area contributed by atoms with E-state index in [1.165, 1.54) is 12.1 Å². The Labute approximate surface area is 94.2 Å². The maximum absolute atomic E-state index is 11.9. The zero-order valence-electron chi connectivity index (χ0n) is 8.14. The Morgan fingerprint density at radius 3 is 2.53 bits per heavy atom. The minimum Gasteiger partial charge on any atom is -0.222 e. The normalized spacial score (nSPS) is 13.1. The smallest absolute Gasteiger partial charge is 0.196 e. The Kier molecular flexibility index (Phi) is 3.72. The van der Waals surface area contributed by atoms with Crippen LogP contribution >= 0.6 is 11.6 Å². The van der Waals surface area contributed by atoms with Crippen molar-refractivity contribution in [2.75, 3.05) is 0 Å². The topological polar surface area (TPSA) is 57.9 Å². The van der Waals surface area contributed by atoms with E-state index in [0.29, 0.717) is 0 Å². The third-order valence-corrected chi connectivity index (χ3v) is 4.63. The van der Waals surface area contributed by atoms with Gasteiger partial charge in [-0.2, -0.15) is 5.26 Å². The molecule has 0 aliphatic rings. The van der Waals surface area contributed by atoms with E-state index in [0.717, 1.165) is 0 Å². The Balaban J connectivity index is 3.31. The molecule has 1 rings (SSSR count). The Hall–Kier alpha value is -1.05. The van der Waals surface area contributed by atoms with Gasteiger partial charge in [0.05, 0.1) is 16.0 Å². The lowest BCUT2D eigenvalue weighted by Crippen LogP contribution is -2.18. The van der Waals surface area contributed by atoms with Crippen molar-refractivity contribution in [3.05, 3.63) is 29.3 Å². The molecule has 0 fully saturated rings.